The normalized spacial score (nSPS) is 12.6. The molecule has 0 saturated carbocycles. The highest BCUT2D eigenvalue weighted by molar-refractivity contribution is 5.71. The third kappa shape index (κ3) is 55.6. The van der Waals surface area contributed by atoms with Gasteiger partial charge in [0.1, 0.15) is 13.2 Å². The van der Waals surface area contributed by atoms with Gasteiger partial charge in [0, 0.05) is 19.3 Å². The Kier molecular flexibility index (Phi) is 54.8. The van der Waals surface area contributed by atoms with Crippen molar-refractivity contribution in [3.8, 4) is 0 Å². The molecule has 0 aliphatic rings. The Balaban J connectivity index is 3.99. The lowest BCUT2D eigenvalue weighted by Crippen LogP contribution is -2.30. The molecule has 0 aromatic carbocycles. The largest absolute Gasteiger partial charge is 0.462 e. The number of carbonyl (C=O) groups is 3. The molecule has 0 amide bonds. The summed E-state index contributed by atoms with van der Waals surface area (Å²) in [6.45, 7) is 6.50. The number of hydrogen-bond donors (Lipinski definition) is 0. The fourth-order valence-electron chi connectivity index (χ4n) is 8.33. The quantitative estimate of drug-likeness (QED) is 0.0262. The van der Waals surface area contributed by atoms with Crippen LogP contribution in [0.1, 0.15) is 290 Å². The monoisotopic (exact) mass is 963 g/mol. The van der Waals surface area contributed by atoms with Gasteiger partial charge < -0.3 is 14.2 Å². The third-order valence-corrected chi connectivity index (χ3v) is 12.7. The molecular weight excluding hydrogens is 853 g/mol. The Morgan fingerprint density at radius 3 is 0.884 bits per heavy atom. The van der Waals surface area contributed by atoms with Crippen LogP contribution < -0.4 is 0 Å². The molecule has 0 aromatic heterocycles. The molecule has 0 rings (SSSR count). The van der Waals surface area contributed by atoms with E-state index in [1.54, 1.807) is 0 Å². The zero-order chi connectivity index (χ0) is 50.0. The minimum atomic E-state index is -0.767. The summed E-state index contributed by atoms with van der Waals surface area (Å²) in [5, 5.41) is 0. The highest BCUT2D eigenvalue weighted by atomic mass is 16.6. The summed E-state index contributed by atoms with van der Waals surface area (Å²) in [5.41, 5.74) is 0. The van der Waals surface area contributed by atoms with Crippen molar-refractivity contribution in [2.75, 3.05) is 13.2 Å². The van der Waals surface area contributed by atoms with Crippen LogP contribution in [0.4, 0.5) is 0 Å². The molecule has 1 atom stereocenters. The van der Waals surface area contributed by atoms with Crippen molar-refractivity contribution >= 4 is 17.9 Å². The minimum absolute atomic E-state index is 0.0702. The van der Waals surface area contributed by atoms with E-state index in [2.05, 4.69) is 93.7 Å². The minimum Gasteiger partial charge on any atom is -0.462 e. The van der Waals surface area contributed by atoms with Crippen molar-refractivity contribution in [2.24, 2.45) is 0 Å². The van der Waals surface area contributed by atoms with Gasteiger partial charge in [-0.3, -0.25) is 14.4 Å². The van der Waals surface area contributed by atoms with Gasteiger partial charge >= 0.3 is 17.9 Å². The second-order valence-electron chi connectivity index (χ2n) is 19.5. The first-order chi connectivity index (χ1) is 34.0. The van der Waals surface area contributed by atoms with Gasteiger partial charge in [0.15, 0.2) is 6.10 Å². The highest BCUT2D eigenvalue weighted by Crippen LogP contribution is 2.16. The Bertz CT molecular complexity index is 1290. The molecule has 69 heavy (non-hydrogen) atoms. The van der Waals surface area contributed by atoms with E-state index in [0.29, 0.717) is 19.3 Å². The Morgan fingerprint density at radius 1 is 0.304 bits per heavy atom. The standard InChI is InChI=1S/C63H110O6/c1-4-7-10-13-16-19-21-22-23-24-25-26-27-28-29-30-31-32-33-34-35-36-37-38-39-40-41-42-43-45-47-50-53-56-62(65)68-59-60(58-67-61(64)55-52-49-46-18-15-12-9-6-3)69-63(66)57-54-51-48-44-20-17-14-11-8-5-2/h7,10,16,19,22-23,25-26,28-29,31-32,60H,4-6,8-9,11-15,17-18,20-21,24,27,30,33-59H2,1-3H3/b10-7-,19-16-,23-22-,26-25-,29-28-,32-31-. The topological polar surface area (TPSA) is 78.9 Å². The number of hydrogen-bond acceptors (Lipinski definition) is 6. The van der Waals surface area contributed by atoms with Crippen LogP contribution in [0.3, 0.4) is 0 Å². The van der Waals surface area contributed by atoms with E-state index in [1.807, 2.05) is 0 Å². The van der Waals surface area contributed by atoms with E-state index in [4.69, 9.17) is 14.2 Å². The lowest BCUT2D eigenvalue weighted by Gasteiger charge is -2.18. The van der Waals surface area contributed by atoms with E-state index < -0.39 is 6.10 Å². The zero-order valence-corrected chi connectivity index (χ0v) is 45.6. The van der Waals surface area contributed by atoms with E-state index in [1.165, 1.54) is 154 Å². The first-order valence-electron chi connectivity index (χ1n) is 29.4. The van der Waals surface area contributed by atoms with Crippen molar-refractivity contribution in [1.82, 2.24) is 0 Å². The molecule has 1 unspecified atom stereocenters. The average molecular weight is 964 g/mol. The lowest BCUT2D eigenvalue weighted by molar-refractivity contribution is -0.167. The fraction of sp³-hybridized carbons (Fsp3) is 0.762. The van der Waals surface area contributed by atoms with E-state index in [-0.39, 0.29) is 31.1 Å². The summed E-state index contributed by atoms with van der Waals surface area (Å²) in [5.74, 6) is -0.868. The van der Waals surface area contributed by atoms with E-state index in [9.17, 15) is 14.4 Å². The second kappa shape index (κ2) is 57.4. The fourth-order valence-corrected chi connectivity index (χ4v) is 8.33. The molecule has 0 bridgehead atoms. The molecule has 0 saturated heterocycles. The lowest BCUT2D eigenvalue weighted by atomic mass is 10.0. The molecule has 6 nitrogen and oxygen atoms in total. The van der Waals surface area contributed by atoms with Gasteiger partial charge in [0.2, 0.25) is 0 Å². The maximum Gasteiger partial charge on any atom is 0.306 e. The third-order valence-electron chi connectivity index (χ3n) is 12.7. The van der Waals surface area contributed by atoms with Crippen molar-refractivity contribution in [2.45, 2.75) is 297 Å². The SMILES string of the molecule is CC/C=C\C/C=C\C/C=C\C/C=C\C/C=C\C/C=C\CCCCCCCCCCCCCCCCC(=O)OCC(COC(=O)CCCCCCCCCC)OC(=O)CCCCCCCCCCCC. The van der Waals surface area contributed by atoms with Crippen LogP contribution in [0.5, 0.6) is 0 Å². The second-order valence-corrected chi connectivity index (χ2v) is 19.5. The van der Waals surface area contributed by atoms with Gasteiger partial charge in [-0.2, -0.15) is 0 Å². The molecule has 6 heteroatoms. The molecule has 0 aliphatic carbocycles. The number of ether oxygens (including phenoxy) is 3. The summed E-state index contributed by atoms with van der Waals surface area (Å²) in [6, 6.07) is 0. The number of esters is 3. The van der Waals surface area contributed by atoms with Gasteiger partial charge in [-0.15, -0.1) is 0 Å². The Morgan fingerprint density at radius 2 is 0.565 bits per heavy atom. The van der Waals surface area contributed by atoms with Gasteiger partial charge in [0.05, 0.1) is 0 Å². The molecule has 0 heterocycles. The van der Waals surface area contributed by atoms with Crippen LogP contribution in [0.2, 0.25) is 0 Å². The number of carbonyl (C=O) groups excluding carboxylic acids is 3. The number of unbranched alkanes of at least 4 members (excludes halogenated alkanes) is 30. The van der Waals surface area contributed by atoms with Crippen LogP contribution in [-0.2, 0) is 28.6 Å². The summed E-state index contributed by atoms with van der Waals surface area (Å²) < 4.78 is 16.8. The molecule has 0 radical (unpaired) electrons. The van der Waals surface area contributed by atoms with Crippen molar-refractivity contribution < 1.29 is 28.6 Å². The van der Waals surface area contributed by atoms with Gasteiger partial charge in [0.25, 0.3) is 0 Å². The molecular formula is C63H110O6. The Hall–Kier alpha value is -3.15. The summed E-state index contributed by atoms with van der Waals surface area (Å²) in [7, 11) is 0. The Labute approximate surface area is 427 Å². The molecule has 0 aromatic rings. The van der Waals surface area contributed by atoms with Crippen molar-refractivity contribution in [3.63, 3.8) is 0 Å². The smallest absolute Gasteiger partial charge is 0.306 e. The maximum atomic E-state index is 12.7. The van der Waals surface area contributed by atoms with Crippen LogP contribution >= 0.6 is 0 Å². The molecule has 0 fully saturated rings. The van der Waals surface area contributed by atoms with Crippen molar-refractivity contribution in [1.29, 1.82) is 0 Å². The van der Waals surface area contributed by atoms with Crippen LogP contribution in [0, 0.1) is 0 Å². The first-order valence-corrected chi connectivity index (χ1v) is 29.4. The van der Waals surface area contributed by atoms with E-state index in [0.717, 1.165) is 96.3 Å². The molecule has 0 aliphatic heterocycles. The van der Waals surface area contributed by atoms with Crippen LogP contribution in [0.15, 0.2) is 72.9 Å². The first kappa shape index (κ1) is 65.8. The van der Waals surface area contributed by atoms with Gasteiger partial charge in [-0.05, 0) is 70.6 Å². The van der Waals surface area contributed by atoms with Crippen LogP contribution in [-0.4, -0.2) is 37.2 Å². The number of rotatable bonds is 53. The average Bonchev–Trinajstić information content (AvgIpc) is 3.35. The highest BCUT2D eigenvalue weighted by Gasteiger charge is 2.19. The van der Waals surface area contributed by atoms with E-state index >= 15 is 0 Å². The molecule has 0 N–H and O–H groups in total. The molecule has 0 spiro atoms. The summed E-state index contributed by atoms with van der Waals surface area (Å²) >= 11 is 0. The molecule has 398 valence electrons. The maximum absolute atomic E-state index is 12.7. The van der Waals surface area contributed by atoms with Crippen molar-refractivity contribution in [3.05, 3.63) is 72.9 Å². The number of allylic oxidation sites excluding steroid dienone is 12. The predicted octanol–water partition coefficient (Wildman–Crippen LogP) is 19.8. The summed E-state index contributed by atoms with van der Waals surface area (Å²) in [6.07, 6.45) is 73.6. The van der Waals surface area contributed by atoms with Gasteiger partial charge in [-0.25, -0.2) is 0 Å². The van der Waals surface area contributed by atoms with Crippen LogP contribution in [0.25, 0.3) is 0 Å². The predicted molar refractivity (Wildman–Crippen MR) is 298 cm³/mol. The zero-order valence-electron chi connectivity index (χ0n) is 45.6. The summed E-state index contributed by atoms with van der Waals surface area (Å²) in [4.78, 5) is 37.8. The van der Waals surface area contributed by atoms with Gasteiger partial charge in [-0.1, -0.05) is 273 Å².